The number of carbonyl (C=O) groups excluding carboxylic acids is 2. The van der Waals surface area contributed by atoms with Crippen LogP contribution in [0, 0.1) is 6.92 Å². The summed E-state index contributed by atoms with van der Waals surface area (Å²) in [6, 6.07) is 3.35. The van der Waals surface area contributed by atoms with Crippen molar-refractivity contribution in [3.63, 3.8) is 0 Å². The van der Waals surface area contributed by atoms with Gasteiger partial charge in [0.1, 0.15) is 11.5 Å². The van der Waals surface area contributed by atoms with Crippen LogP contribution in [0.25, 0.3) is 0 Å². The number of ether oxygens (including phenoxy) is 1. The number of hydrogen-bond acceptors (Lipinski definition) is 4. The zero-order valence-corrected chi connectivity index (χ0v) is 7.07. The molecule has 0 radical (unpaired) electrons. The molecule has 2 heterocycles. The largest absolute Gasteiger partial charge is 0.465 e. The first-order valence-corrected chi connectivity index (χ1v) is 3.94. The molecule has 1 atom stereocenters. The summed E-state index contributed by atoms with van der Waals surface area (Å²) in [4.78, 5) is 22.3. The van der Waals surface area contributed by atoms with Gasteiger partial charge in [0.25, 0.3) is 0 Å². The van der Waals surface area contributed by atoms with Crippen molar-refractivity contribution < 1.29 is 18.7 Å². The van der Waals surface area contributed by atoms with E-state index >= 15 is 0 Å². The number of ketones is 1. The highest BCUT2D eigenvalue weighted by Gasteiger charge is 2.38. The van der Waals surface area contributed by atoms with Gasteiger partial charge in [0.15, 0.2) is 18.3 Å². The Morgan fingerprint density at radius 3 is 2.62 bits per heavy atom. The van der Waals surface area contributed by atoms with Gasteiger partial charge in [0, 0.05) is 0 Å². The lowest BCUT2D eigenvalue weighted by Crippen LogP contribution is -2.11. The Balaban J connectivity index is 2.35. The Morgan fingerprint density at radius 2 is 2.15 bits per heavy atom. The Kier molecular flexibility index (Phi) is 1.69. The van der Waals surface area contributed by atoms with Crippen LogP contribution in [0.5, 0.6) is 0 Å². The molecule has 0 amide bonds. The van der Waals surface area contributed by atoms with Crippen LogP contribution < -0.4 is 0 Å². The van der Waals surface area contributed by atoms with Crippen LogP contribution in [-0.2, 0) is 14.3 Å². The van der Waals surface area contributed by atoms with Gasteiger partial charge in [-0.3, -0.25) is 9.59 Å². The molecule has 1 aromatic rings. The van der Waals surface area contributed by atoms with Gasteiger partial charge in [-0.05, 0) is 19.1 Å². The predicted octanol–water partition coefficient (Wildman–Crippen LogP) is 0.798. The van der Waals surface area contributed by atoms with Gasteiger partial charge >= 0.3 is 5.97 Å². The van der Waals surface area contributed by atoms with Gasteiger partial charge < -0.3 is 9.15 Å². The summed E-state index contributed by atoms with van der Waals surface area (Å²) in [5, 5.41) is 0. The molecule has 1 aliphatic heterocycles. The molecule has 1 fully saturated rings. The third-order valence-electron chi connectivity index (χ3n) is 1.96. The van der Waals surface area contributed by atoms with Crippen molar-refractivity contribution in [2.24, 2.45) is 0 Å². The van der Waals surface area contributed by atoms with Crippen LogP contribution in [-0.4, -0.2) is 18.4 Å². The second-order valence-electron chi connectivity index (χ2n) is 2.96. The number of rotatable bonds is 1. The number of cyclic esters (lactones) is 1. The highest BCUT2D eigenvalue weighted by molar-refractivity contribution is 6.09. The summed E-state index contributed by atoms with van der Waals surface area (Å²) < 4.78 is 9.78. The fourth-order valence-electron chi connectivity index (χ4n) is 1.32. The van der Waals surface area contributed by atoms with Gasteiger partial charge in [0.2, 0.25) is 0 Å². The molecule has 1 aliphatic rings. The van der Waals surface area contributed by atoms with Crippen LogP contribution >= 0.6 is 0 Å². The van der Waals surface area contributed by atoms with E-state index in [0.717, 1.165) is 0 Å². The normalized spacial score (nSPS) is 22.1. The Labute approximate surface area is 74.5 Å². The standard InChI is InChI=1S/C9H8O4/c1-5-2-3-7(13-5)8-6(10)4-12-9(8)11/h2-3,8H,4H2,1H3. The summed E-state index contributed by atoms with van der Waals surface area (Å²) in [6.07, 6.45) is 0. The van der Waals surface area contributed by atoms with Crippen molar-refractivity contribution in [1.29, 1.82) is 0 Å². The molecule has 0 aromatic carbocycles. The molecule has 0 saturated carbocycles. The van der Waals surface area contributed by atoms with E-state index in [9.17, 15) is 9.59 Å². The van der Waals surface area contributed by atoms with Gasteiger partial charge in [0.05, 0.1) is 0 Å². The van der Waals surface area contributed by atoms with E-state index in [0.29, 0.717) is 11.5 Å². The molecule has 4 nitrogen and oxygen atoms in total. The van der Waals surface area contributed by atoms with Crippen molar-refractivity contribution >= 4 is 11.8 Å². The SMILES string of the molecule is Cc1ccc(C2C(=O)COC2=O)o1. The third kappa shape index (κ3) is 1.24. The van der Waals surface area contributed by atoms with Crippen molar-refractivity contribution in [2.75, 3.05) is 6.61 Å². The quantitative estimate of drug-likeness (QED) is 0.473. The minimum absolute atomic E-state index is 0.136. The van der Waals surface area contributed by atoms with Crippen molar-refractivity contribution in [2.45, 2.75) is 12.8 Å². The van der Waals surface area contributed by atoms with Crippen LogP contribution in [0.2, 0.25) is 0 Å². The molecule has 2 rings (SSSR count). The highest BCUT2D eigenvalue weighted by Crippen LogP contribution is 2.25. The van der Waals surface area contributed by atoms with E-state index in [1.807, 2.05) is 0 Å². The van der Waals surface area contributed by atoms with Crippen LogP contribution in [0.15, 0.2) is 16.5 Å². The maximum atomic E-state index is 11.2. The summed E-state index contributed by atoms with van der Waals surface area (Å²) in [6.45, 7) is 1.62. The summed E-state index contributed by atoms with van der Waals surface area (Å²) >= 11 is 0. The lowest BCUT2D eigenvalue weighted by Gasteiger charge is -1.97. The van der Waals surface area contributed by atoms with Gasteiger partial charge in [-0.2, -0.15) is 0 Å². The van der Waals surface area contributed by atoms with Crippen LogP contribution in [0.3, 0.4) is 0 Å². The van der Waals surface area contributed by atoms with Crippen molar-refractivity contribution in [1.82, 2.24) is 0 Å². The maximum absolute atomic E-state index is 11.2. The lowest BCUT2D eigenvalue weighted by atomic mass is 10.0. The molecule has 1 unspecified atom stereocenters. The number of aryl methyl sites for hydroxylation is 1. The monoisotopic (exact) mass is 180 g/mol. The first-order valence-electron chi connectivity index (χ1n) is 3.94. The Morgan fingerprint density at radius 1 is 1.38 bits per heavy atom. The average Bonchev–Trinajstić information content (AvgIpc) is 2.60. The smallest absolute Gasteiger partial charge is 0.324 e. The number of hydrogen-bond donors (Lipinski definition) is 0. The van der Waals surface area contributed by atoms with Gasteiger partial charge in [-0.25, -0.2) is 0 Å². The molecule has 0 N–H and O–H groups in total. The highest BCUT2D eigenvalue weighted by atomic mass is 16.5. The van der Waals surface area contributed by atoms with Crippen molar-refractivity contribution in [3.05, 3.63) is 23.7 Å². The zero-order valence-electron chi connectivity index (χ0n) is 7.07. The average molecular weight is 180 g/mol. The first-order chi connectivity index (χ1) is 6.18. The summed E-state index contributed by atoms with van der Waals surface area (Å²) in [7, 11) is 0. The molecule has 1 saturated heterocycles. The summed E-state index contributed by atoms with van der Waals surface area (Å²) in [5.41, 5.74) is 0. The molecular weight excluding hydrogens is 172 g/mol. The van der Waals surface area contributed by atoms with Crippen molar-refractivity contribution in [3.8, 4) is 0 Å². The number of Topliss-reactive ketones (excluding diaryl/α,β-unsaturated/α-hetero) is 1. The number of carbonyl (C=O) groups is 2. The van der Waals surface area contributed by atoms with Crippen LogP contribution in [0.1, 0.15) is 17.4 Å². The minimum atomic E-state index is -0.839. The second-order valence-corrected chi connectivity index (χ2v) is 2.96. The Hall–Kier alpha value is -1.58. The molecular formula is C9H8O4. The molecule has 13 heavy (non-hydrogen) atoms. The third-order valence-corrected chi connectivity index (χ3v) is 1.96. The topological polar surface area (TPSA) is 56.5 Å². The zero-order chi connectivity index (χ0) is 9.42. The fraction of sp³-hybridized carbons (Fsp3) is 0.333. The molecule has 0 spiro atoms. The van der Waals surface area contributed by atoms with Gasteiger partial charge in [-0.15, -0.1) is 0 Å². The summed E-state index contributed by atoms with van der Waals surface area (Å²) in [5.74, 6) is -0.528. The second kappa shape index (κ2) is 2.73. The van der Waals surface area contributed by atoms with Gasteiger partial charge in [-0.1, -0.05) is 0 Å². The van der Waals surface area contributed by atoms with E-state index in [2.05, 4.69) is 4.74 Å². The van der Waals surface area contributed by atoms with Crippen LogP contribution in [0.4, 0.5) is 0 Å². The first kappa shape index (κ1) is 8.04. The number of furan rings is 1. The van der Waals surface area contributed by atoms with E-state index in [4.69, 9.17) is 4.42 Å². The predicted molar refractivity (Wildman–Crippen MR) is 42.2 cm³/mol. The number of esters is 1. The van der Waals surface area contributed by atoms with E-state index in [-0.39, 0.29) is 12.4 Å². The molecule has 68 valence electrons. The minimum Gasteiger partial charge on any atom is -0.465 e. The molecule has 1 aromatic heterocycles. The molecule has 0 aliphatic carbocycles. The molecule has 0 bridgehead atoms. The maximum Gasteiger partial charge on any atom is 0.324 e. The lowest BCUT2D eigenvalue weighted by molar-refractivity contribution is -0.139. The fourth-order valence-corrected chi connectivity index (χ4v) is 1.32. The van der Waals surface area contributed by atoms with E-state index < -0.39 is 11.9 Å². The molecule has 4 heteroatoms. The van der Waals surface area contributed by atoms with E-state index in [1.54, 1.807) is 19.1 Å². The Bertz CT molecular complexity index is 347. The van der Waals surface area contributed by atoms with E-state index in [1.165, 1.54) is 0 Å².